The van der Waals surface area contributed by atoms with Gasteiger partial charge in [0.15, 0.2) is 0 Å². The van der Waals surface area contributed by atoms with Gasteiger partial charge in [-0.3, -0.25) is 4.79 Å². The van der Waals surface area contributed by atoms with E-state index in [1.54, 1.807) is 6.20 Å². The maximum atomic E-state index is 13.3. The molecule has 152 valence electrons. The fourth-order valence-corrected chi connectivity index (χ4v) is 3.98. The lowest BCUT2D eigenvalue weighted by molar-refractivity contribution is -0.145. The maximum Gasteiger partial charge on any atom is 0.342 e. The van der Waals surface area contributed by atoms with Gasteiger partial charge in [-0.25, -0.2) is 9.18 Å². The van der Waals surface area contributed by atoms with E-state index < -0.39 is 11.8 Å². The molecule has 6 heteroatoms. The van der Waals surface area contributed by atoms with Crippen molar-refractivity contribution in [2.75, 3.05) is 6.54 Å². The van der Waals surface area contributed by atoms with Gasteiger partial charge in [0.2, 0.25) is 0 Å². The van der Waals surface area contributed by atoms with E-state index in [4.69, 9.17) is 4.74 Å². The number of hydrogen-bond acceptors (Lipinski definition) is 3. The normalized spacial score (nSPS) is 16.4. The van der Waals surface area contributed by atoms with Crippen molar-refractivity contribution in [2.45, 2.75) is 31.8 Å². The SMILES string of the molecule is O=C(OC1CCC1)C1=CN(C(=O)c2ccc(F)cc2)CCc2c1[nH]c1ccccc21. The van der Waals surface area contributed by atoms with Crippen molar-refractivity contribution in [1.29, 1.82) is 0 Å². The fourth-order valence-electron chi connectivity index (χ4n) is 3.98. The zero-order valence-electron chi connectivity index (χ0n) is 16.4. The molecule has 2 heterocycles. The first-order chi connectivity index (χ1) is 14.6. The van der Waals surface area contributed by atoms with Crippen LogP contribution in [0.2, 0.25) is 0 Å². The Kier molecular flexibility index (Phi) is 4.62. The molecule has 1 amide bonds. The van der Waals surface area contributed by atoms with Crippen LogP contribution in [-0.2, 0) is 16.0 Å². The van der Waals surface area contributed by atoms with E-state index in [9.17, 15) is 14.0 Å². The number of benzene rings is 2. The van der Waals surface area contributed by atoms with Crippen molar-refractivity contribution in [3.8, 4) is 0 Å². The number of aromatic amines is 1. The van der Waals surface area contributed by atoms with Crippen LogP contribution in [0.4, 0.5) is 4.39 Å². The summed E-state index contributed by atoms with van der Waals surface area (Å²) in [5.74, 6) is -1.10. The predicted molar refractivity (Wildman–Crippen MR) is 111 cm³/mol. The molecular weight excluding hydrogens is 383 g/mol. The molecule has 0 spiro atoms. The molecule has 1 aliphatic carbocycles. The molecule has 1 saturated carbocycles. The van der Waals surface area contributed by atoms with Gasteiger partial charge in [0.25, 0.3) is 5.91 Å². The molecule has 0 atom stereocenters. The quantitative estimate of drug-likeness (QED) is 0.657. The Morgan fingerprint density at radius 2 is 1.83 bits per heavy atom. The van der Waals surface area contributed by atoms with Gasteiger partial charge in [-0.2, -0.15) is 0 Å². The van der Waals surface area contributed by atoms with E-state index >= 15 is 0 Å². The molecule has 1 aromatic heterocycles. The highest BCUT2D eigenvalue weighted by molar-refractivity contribution is 6.18. The van der Waals surface area contributed by atoms with Crippen LogP contribution in [0.5, 0.6) is 0 Å². The molecule has 30 heavy (non-hydrogen) atoms. The van der Waals surface area contributed by atoms with E-state index in [0.717, 1.165) is 35.7 Å². The van der Waals surface area contributed by atoms with Crippen LogP contribution in [0, 0.1) is 5.82 Å². The summed E-state index contributed by atoms with van der Waals surface area (Å²) in [5.41, 5.74) is 3.37. The number of nitrogens with zero attached hydrogens (tertiary/aromatic N) is 1. The van der Waals surface area contributed by atoms with Crippen molar-refractivity contribution < 1.29 is 18.7 Å². The maximum absolute atomic E-state index is 13.3. The zero-order valence-corrected chi connectivity index (χ0v) is 16.4. The van der Waals surface area contributed by atoms with Gasteiger partial charge in [-0.15, -0.1) is 0 Å². The molecular formula is C24H21FN2O3. The van der Waals surface area contributed by atoms with E-state index in [2.05, 4.69) is 4.98 Å². The number of ether oxygens (including phenoxy) is 1. The summed E-state index contributed by atoms with van der Waals surface area (Å²) in [6.07, 6.45) is 4.91. The number of carbonyl (C=O) groups excluding carboxylic acids is 2. The topological polar surface area (TPSA) is 62.4 Å². The number of esters is 1. The van der Waals surface area contributed by atoms with Gasteiger partial charge in [0, 0.05) is 29.2 Å². The summed E-state index contributed by atoms with van der Waals surface area (Å²) in [5, 5.41) is 1.03. The Bertz CT molecular complexity index is 1160. The highest BCUT2D eigenvalue weighted by Crippen LogP contribution is 2.33. The third-order valence-electron chi connectivity index (χ3n) is 5.87. The van der Waals surface area contributed by atoms with Crippen LogP contribution in [-0.4, -0.2) is 34.4 Å². The molecule has 0 unspecified atom stereocenters. The number of H-pyrrole nitrogens is 1. The second-order valence-electron chi connectivity index (χ2n) is 7.78. The monoisotopic (exact) mass is 404 g/mol. The van der Waals surface area contributed by atoms with Crippen LogP contribution >= 0.6 is 0 Å². The first kappa shape index (κ1) is 18.6. The number of para-hydroxylation sites is 1. The van der Waals surface area contributed by atoms with Crippen molar-refractivity contribution >= 4 is 28.4 Å². The van der Waals surface area contributed by atoms with Crippen LogP contribution in [0.3, 0.4) is 0 Å². The zero-order chi connectivity index (χ0) is 20.7. The smallest absolute Gasteiger partial charge is 0.342 e. The van der Waals surface area contributed by atoms with E-state index in [-0.39, 0.29) is 12.0 Å². The number of hydrogen-bond donors (Lipinski definition) is 1. The lowest BCUT2D eigenvalue weighted by Crippen LogP contribution is -2.29. The first-order valence-electron chi connectivity index (χ1n) is 10.2. The fraction of sp³-hybridized carbons (Fsp3) is 0.250. The summed E-state index contributed by atoms with van der Waals surface area (Å²) in [7, 11) is 0. The number of nitrogens with one attached hydrogen (secondary N) is 1. The van der Waals surface area contributed by atoms with Gasteiger partial charge in [0.1, 0.15) is 11.9 Å². The molecule has 1 N–H and O–H groups in total. The van der Waals surface area contributed by atoms with Crippen LogP contribution in [0.1, 0.15) is 40.9 Å². The lowest BCUT2D eigenvalue weighted by Gasteiger charge is -2.26. The van der Waals surface area contributed by atoms with Gasteiger partial charge < -0.3 is 14.6 Å². The Morgan fingerprint density at radius 1 is 1.07 bits per heavy atom. The highest BCUT2D eigenvalue weighted by atomic mass is 19.1. The van der Waals surface area contributed by atoms with Crippen molar-refractivity contribution in [3.05, 3.63) is 77.4 Å². The number of amides is 1. The average molecular weight is 404 g/mol. The number of fused-ring (bicyclic) bond motifs is 3. The number of aromatic nitrogens is 1. The van der Waals surface area contributed by atoms with Gasteiger partial charge in [0.05, 0.1) is 11.3 Å². The first-order valence-corrected chi connectivity index (χ1v) is 10.2. The minimum atomic E-state index is -0.425. The third-order valence-corrected chi connectivity index (χ3v) is 5.87. The van der Waals surface area contributed by atoms with Crippen LogP contribution in [0.15, 0.2) is 54.7 Å². The predicted octanol–water partition coefficient (Wildman–Crippen LogP) is 4.44. The summed E-state index contributed by atoms with van der Waals surface area (Å²) >= 11 is 0. The summed E-state index contributed by atoms with van der Waals surface area (Å²) < 4.78 is 18.9. The summed E-state index contributed by atoms with van der Waals surface area (Å²) in [4.78, 5) is 31.0. The molecule has 5 nitrogen and oxygen atoms in total. The summed E-state index contributed by atoms with van der Waals surface area (Å²) in [6, 6.07) is 13.3. The second kappa shape index (κ2) is 7.44. The largest absolute Gasteiger partial charge is 0.459 e. The second-order valence-corrected chi connectivity index (χ2v) is 7.78. The Labute approximate surface area is 173 Å². The number of halogens is 1. The molecule has 0 bridgehead atoms. The minimum Gasteiger partial charge on any atom is -0.459 e. The molecule has 1 aliphatic heterocycles. The Hall–Kier alpha value is -3.41. The van der Waals surface area contributed by atoms with E-state index in [1.165, 1.54) is 29.2 Å². The molecule has 2 aliphatic rings. The molecule has 0 saturated heterocycles. The van der Waals surface area contributed by atoms with Gasteiger partial charge >= 0.3 is 5.97 Å². The van der Waals surface area contributed by atoms with E-state index in [1.807, 2.05) is 24.3 Å². The Morgan fingerprint density at radius 3 is 2.57 bits per heavy atom. The van der Waals surface area contributed by atoms with Crippen molar-refractivity contribution in [2.24, 2.45) is 0 Å². The van der Waals surface area contributed by atoms with Crippen LogP contribution in [0.25, 0.3) is 16.5 Å². The number of rotatable bonds is 3. The van der Waals surface area contributed by atoms with Crippen LogP contribution < -0.4 is 0 Å². The number of carbonyl (C=O) groups is 2. The summed E-state index contributed by atoms with van der Waals surface area (Å²) in [6.45, 7) is 0.408. The molecule has 5 rings (SSSR count). The van der Waals surface area contributed by atoms with Crippen molar-refractivity contribution in [3.63, 3.8) is 0 Å². The Balaban J connectivity index is 1.55. The van der Waals surface area contributed by atoms with E-state index in [0.29, 0.717) is 29.8 Å². The average Bonchev–Trinajstić information content (AvgIpc) is 2.98. The lowest BCUT2D eigenvalue weighted by atomic mass is 9.96. The molecule has 2 aromatic carbocycles. The van der Waals surface area contributed by atoms with Gasteiger partial charge in [-0.05, 0) is 61.6 Å². The standard InChI is InChI=1S/C24H21FN2O3/c25-16-10-8-15(9-11-16)23(28)27-13-12-19-18-6-1-2-7-21(18)26-22(19)20(14-27)24(29)30-17-4-3-5-17/h1-2,6-11,14,17,26H,3-5,12-13H2. The minimum absolute atomic E-state index is 0.0595. The molecule has 0 radical (unpaired) electrons. The third kappa shape index (κ3) is 3.28. The van der Waals surface area contributed by atoms with Gasteiger partial charge in [-0.1, -0.05) is 18.2 Å². The molecule has 3 aromatic rings. The van der Waals surface area contributed by atoms with Crippen molar-refractivity contribution in [1.82, 2.24) is 9.88 Å². The highest BCUT2D eigenvalue weighted by Gasteiger charge is 2.30. The molecule has 1 fully saturated rings.